The third kappa shape index (κ3) is 4.40. The van der Waals surface area contributed by atoms with Gasteiger partial charge in [0.1, 0.15) is 0 Å². The predicted molar refractivity (Wildman–Crippen MR) is 76.6 cm³/mol. The van der Waals surface area contributed by atoms with E-state index in [2.05, 4.69) is 44.4 Å². The van der Waals surface area contributed by atoms with Crippen LogP contribution in [0.1, 0.15) is 33.3 Å². The van der Waals surface area contributed by atoms with Crippen LogP contribution < -0.4 is 20.1 Å². The van der Waals surface area contributed by atoms with Crippen LogP contribution in [-0.2, 0) is 6.54 Å². The number of fused-ring (bicyclic) bond motifs is 1. The van der Waals surface area contributed by atoms with Crippen LogP contribution in [0.2, 0.25) is 0 Å². The van der Waals surface area contributed by atoms with E-state index in [4.69, 9.17) is 9.47 Å². The Hall–Kier alpha value is -1.26. The molecule has 1 aliphatic rings. The lowest BCUT2D eigenvalue weighted by Gasteiger charge is -2.24. The van der Waals surface area contributed by atoms with Crippen LogP contribution in [0.3, 0.4) is 0 Å². The summed E-state index contributed by atoms with van der Waals surface area (Å²) in [6, 6.07) is 6.51. The van der Waals surface area contributed by atoms with E-state index < -0.39 is 0 Å². The number of benzene rings is 1. The topological polar surface area (TPSA) is 42.5 Å². The fourth-order valence-corrected chi connectivity index (χ4v) is 1.87. The average Bonchev–Trinajstić information content (AvgIpc) is 2.80. The molecular formula is C15H24N2O2. The number of hydrogen-bond acceptors (Lipinski definition) is 4. The maximum absolute atomic E-state index is 5.38. The van der Waals surface area contributed by atoms with E-state index in [0.717, 1.165) is 24.6 Å². The Morgan fingerprint density at radius 3 is 2.68 bits per heavy atom. The summed E-state index contributed by atoms with van der Waals surface area (Å²) < 4.78 is 10.7. The smallest absolute Gasteiger partial charge is 0.231 e. The zero-order chi connectivity index (χ0) is 13.9. The van der Waals surface area contributed by atoms with E-state index in [1.807, 2.05) is 12.1 Å². The van der Waals surface area contributed by atoms with Crippen molar-refractivity contribution in [3.05, 3.63) is 23.8 Å². The second-order valence-corrected chi connectivity index (χ2v) is 6.10. The highest BCUT2D eigenvalue weighted by Crippen LogP contribution is 2.32. The molecule has 106 valence electrons. The molecule has 1 aromatic carbocycles. The van der Waals surface area contributed by atoms with Crippen LogP contribution >= 0.6 is 0 Å². The van der Waals surface area contributed by atoms with Crippen molar-refractivity contribution >= 4 is 0 Å². The molecule has 0 bridgehead atoms. The van der Waals surface area contributed by atoms with E-state index in [0.29, 0.717) is 12.8 Å². The van der Waals surface area contributed by atoms with Gasteiger partial charge in [-0.05, 0) is 45.4 Å². The molecular weight excluding hydrogens is 240 g/mol. The van der Waals surface area contributed by atoms with Gasteiger partial charge in [-0.1, -0.05) is 6.07 Å². The Morgan fingerprint density at radius 1 is 1.21 bits per heavy atom. The highest BCUT2D eigenvalue weighted by atomic mass is 16.7. The normalized spacial score (nSPS) is 15.6. The summed E-state index contributed by atoms with van der Waals surface area (Å²) in [5.74, 6) is 1.69. The molecule has 4 nitrogen and oxygen atoms in total. The number of rotatable bonds is 5. The van der Waals surface area contributed by atoms with Crippen LogP contribution in [-0.4, -0.2) is 24.9 Å². The summed E-state index contributed by atoms with van der Waals surface area (Å²) in [6.07, 6.45) is 0. The SMILES string of the molecule is CC(CNC(C)(C)C)NCc1ccc2c(c1)OCO2. The van der Waals surface area contributed by atoms with Gasteiger partial charge in [0.25, 0.3) is 0 Å². The van der Waals surface area contributed by atoms with Crippen molar-refractivity contribution in [1.82, 2.24) is 10.6 Å². The Morgan fingerprint density at radius 2 is 1.95 bits per heavy atom. The first-order chi connectivity index (χ1) is 8.94. The Kier molecular flexibility index (Phi) is 4.32. The second-order valence-electron chi connectivity index (χ2n) is 6.10. The Labute approximate surface area is 115 Å². The molecule has 0 saturated heterocycles. The highest BCUT2D eigenvalue weighted by Gasteiger charge is 2.14. The quantitative estimate of drug-likeness (QED) is 0.856. The molecule has 0 spiro atoms. The minimum atomic E-state index is 0.161. The highest BCUT2D eigenvalue weighted by molar-refractivity contribution is 5.44. The first-order valence-corrected chi connectivity index (χ1v) is 6.81. The largest absolute Gasteiger partial charge is 0.454 e. The van der Waals surface area contributed by atoms with Gasteiger partial charge in [-0.25, -0.2) is 0 Å². The third-order valence-corrected chi connectivity index (χ3v) is 3.03. The zero-order valence-electron chi connectivity index (χ0n) is 12.2. The molecule has 0 aliphatic carbocycles. The summed E-state index contributed by atoms with van der Waals surface area (Å²) in [6.45, 7) is 10.8. The molecule has 1 aromatic rings. The lowest BCUT2D eigenvalue weighted by Crippen LogP contribution is -2.44. The van der Waals surface area contributed by atoms with E-state index in [9.17, 15) is 0 Å². The van der Waals surface area contributed by atoms with E-state index >= 15 is 0 Å². The van der Waals surface area contributed by atoms with Gasteiger partial charge in [-0.2, -0.15) is 0 Å². The van der Waals surface area contributed by atoms with Gasteiger partial charge in [0, 0.05) is 24.7 Å². The van der Waals surface area contributed by atoms with E-state index in [1.54, 1.807) is 0 Å². The van der Waals surface area contributed by atoms with E-state index in [1.165, 1.54) is 5.56 Å². The van der Waals surface area contributed by atoms with Crippen molar-refractivity contribution in [3.63, 3.8) is 0 Å². The molecule has 0 amide bonds. The van der Waals surface area contributed by atoms with Crippen molar-refractivity contribution < 1.29 is 9.47 Å². The fourth-order valence-electron chi connectivity index (χ4n) is 1.87. The summed E-state index contributed by atoms with van der Waals surface area (Å²) in [5.41, 5.74) is 1.38. The standard InChI is InChI=1S/C15H24N2O2/c1-11(8-17-15(2,3)4)16-9-12-5-6-13-14(7-12)19-10-18-13/h5-7,11,16-17H,8-10H2,1-4H3. The first-order valence-electron chi connectivity index (χ1n) is 6.81. The van der Waals surface area contributed by atoms with Gasteiger partial charge in [-0.3, -0.25) is 0 Å². The molecule has 2 N–H and O–H groups in total. The number of nitrogens with one attached hydrogen (secondary N) is 2. The molecule has 19 heavy (non-hydrogen) atoms. The van der Waals surface area contributed by atoms with Crippen molar-refractivity contribution in [2.45, 2.75) is 45.8 Å². The minimum absolute atomic E-state index is 0.161. The summed E-state index contributed by atoms with van der Waals surface area (Å²) >= 11 is 0. The molecule has 1 atom stereocenters. The summed E-state index contributed by atoms with van der Waals surface area (Å²) in [7, 11) is 0. The maximum atomic E-state index is 5.38. The molecule has 1 unspecified atom stereocenters. The maximum Gasteiger partial charge on any atom is 0.231 e. The first kappa shape index (κ1) is 14.2. The number of hydrogen-bond donors (Lipinski definition) is 2. The van der Waals surface area contributed by atoms with Gasteiger partial charge < -0.3 is 20.1 Å². The predicted octanol–water partition coefficient (Wildman–Crippen LogP) is 2.28. The van der Waals surface area contributed by atoms with Gasteiger partial charge >= 0.3 is 0 Å². The Bertz CT molecular complexity index is 427. The van der Waals surface area contributed by atoms with Gasteiger partial charge in [0.2, 0.25) is 6.79 Å². The van der Waals surface area contributed by atoms with Crippen LogP contribution in [0.5, 0.6) is 11.5 Å². The fraction of sp³-hybridized carbons (Fsp3) is 0.600. The molecule has 0 saturated carbocycles. The average molecular weight is 264 g/mol. The van der Waals surface area contributed by atoms with Gasteiger partial charge in [-0.15, -0.1) is 0 Å². The van der Waals surface area contributed by atoms with Crippen LogP contribution in [0.15, 0.2) is 18.2 Å². The Balaban J connectivity index is 1.79. The second kappa shape index (κ2) is 5.80. The minimum Gasteiger partial charge on any atom is -0.454 e. The molecule has 1 aliphatic heterocycles. The van der Waals surface area contributed by atoms with Gasteiger partial charge in [0.15, 0.2) is 11.5 Å². The molecule has 4 heteroatoms. The van der Waals surface area contributed by atoms with Gasteiger partial charge in [0.05, 0.1) is 0 Å². The van der Waals surface area contributed by atoms with Crippen LogP contribution in [0, 0.1) is 0 Å². The molecule has 0 fully saturated rings. The van der Waals surface area contributed by atoms with Crippen LogP contribution in [0.4, 0.5) is 0 Å². The van der Waals surface area contributed by atoms with Crippen molar-refractivity contribution in [3.8, 4) is 11.5 Å². The molecule has 2 rings (SSSR count). The van der Waals surface area contributed by atoms with Crippen molar-refractivity contribution in [2.75, 3.05) is 13.3 Å². The zero-order valence-corrected chi connectivity index (χ0v) is 12.2. The molecule has 0 aromatic heterocycles. The van der Waals surface area contributed by atoms with Crippen molar-refractivity contribution in [1.29, 1.82) is 0 Å². The lowest BCUT2D eigenvalue weighted by molar-refractivity contribution is 0.174. The molecule has 0 radical (unpaired) electrons. The lowest BCUT2D eigenvalue weighted by atomic mass is 10.1. The molecule has 1 heterocycles. The summed E-state index contributed by atoms with van der Waals surface area (Å²) in [4.78, 5) is 0. The van der Waals surface area contributed by atoms with Crippen LogP contribution in [0.25, 0.3) is 0 Å². The number of ether oxygens (including phenoxy) is 2. The third-order valence-electron chi connectivity index (χ3n) is 3.03. The van der Waals surface area contributed by atoms with Crippen molar-refractivity contribution in [2.24, 2.45) is 0 Å². The summed E-state index contributed by atoms with van der Waals surface area (Å²) in [5, 5.41) is 7.00. The van der Waals surface area contributed by atoms with E-state index in [-0.39, 0.29) is 5.54 Å². The monoisotopic (exact) mass is 264 g/mol.